The van der Waals surface area contributed by atoms with Gasteiger partial charge >= 0.3 is 0 Å². The highest BCUT2D eigenvalue weighted by molar-refractivity contribution is 5.80. The van der Waals surface area contributed by atoms with Crippen molar-refractivity contribution in [3.8, 4) is 17.6 Å². The van der Waals surface area contributed by atoms with Gasteiger partial charge in [0, 0.05) is 5.69 Å². The van der Waals surface area contributed by atoms with E-state index in [0.29, 0.717) is 17.0 Å². The Kier molecular flexibility index (Phi) is 4.95. The number of benzene rings is 2. The van der Waals surface area contributed by atoms with Gasteiger partial charge in [0.1, 0.15) is 23.1 Å². The number of aromatic nitrogens is 1. The molecule has 0 aliphatic heterocycles. The van der Waals surface area contributed by atoms with Crippen LogP contribution in [0.25, 0.3) is 0 Å². The van der Waals surface area contributed by atoms with Gasteiger partial charge in [-0.1, -0.05) is 30.3 Å². The van der Waals surface area contributed by atoms with E-state index in [2.05, 4.69) is 5.10 Å². The third-order valence-corrected chi connectivity index (χ3v) is 3.83. The van der Waals surface area contributed by atoms with Crippen molar-refractivity contribution in [3.63, 3.8) is 0 Å². The summed E-state index contributed by atoms with van der Waals surface area (Å²) < 4.78 is 7.03. The highest BCUT2D eigenvalue weighted by atomic mass is 16.5. The zero-order valence-electron chi connectivity index (χ0n) is 14.5. The van der Waals surface area contributed by atoms with Gasteiger partial charge in [-0.3, -0.25) is 4.79 Å². The van der Waals surface area contributed by atoms with Crippen molar-refractivity contribution in [2.75, 3.05) is 0 Å². The van der Waals surface area contributed by atoms with Crippen LogP contribution in [0.4, 0.5) is 0 Å². The lowest BCUT2D eigenvalue weighted by Crippen LogP contribution is -2.22. The van der Waals surface area contributed by atoms with Crippen molar-refractivity contribution in [2.45, 2.75) is 13.8 Å². The molecule has 1 aromatic heterocycles. The molecule has 0 radical (unpaired) electrons. The molecule has 128 valence electrons. The SMILES string of the molecule is Cc1cc(C)n(N=Cc2cccc(Oc3ccccc3)c2)c(=O)c1C#N. The normalized spacial score (nSPS) is 10.7. The maximum absolute atomic E-state index is 12.4. The van der Waals surface area contributed by atoms with Crippen LogP contribution in [0, 0.1) is 25.2 Å². The van der Waals surface area contributed by atoms with Crippen molar-refractivity contribution >= 4 is 6.21 Å². The van der Waals surface area contributed by atoms with Crippen LogP contribution in [0.15, 0.2) is 70.6 Å². The average molecular weight is 343 g/mol. The van der Waals surface area contributed by atoms with Crippen molar-refractivity contribution < 1.29 is 4.74 Å². The lowest BCUT2D eigenvalue weighted by atomic mass is 10.1. The smallest absolute Gasteiger partial charge is 0.289 e. The Labute approximate surface area is 151 Å². The summed E-state index contributed by atoms with van der Waals surface area (Å²) in [7, 11) is 0. The van der Waals surface area contributed by atoms with E-state index >= 15 is 0 Å². The van der Waals surface area contributed by atoms with Crippen LogP contribution >= 0.6 is 0 Å². The van der Waals surface area contributed by atoms with Gasteiger partial charge in [-0.15, -0.1) is 0 Å². The largest absolute Gasteiger partial charge is 0.457 e. The van der Waals surface area contributed by atoms with Crippen molar-refractivity contribution in [2.24, 2.45) is 5.10 Å². The first-order valence-corrected chi connectivity index (χ1v) is 8.09. The third kappa shape index (κ3) is 3.70. The lowest BCUT2D eigenvalue weighted by molar-refractivity contribution is 0.482. The minimum absolute atomic E-state index is 0.105. The van der Waals surface area contributed by atoms with Gasteiger partial charge in [0.05, 0.1) is 6.21 Å². The quantitative estimate of drug-likeness (QED) is 0.672. The number of rotatable bonds is 4. The number of nitrogens with zero attached hydrogens (tertiary/aromatic N) is 3. The number of nitriles is 1. The van der Waals surface area contributed by atoms with E-state index in [-0.39, 0.29) is 5.56 Å². The topological polar surface area (TPSA) is 67.4 Å². The second kappa shape index (κ2) is 7.49. The van der Waals surface area contributed by atoms with E-state index in [0.717, 1.165) is 11.3 Å². The Morgan fingerprint density at radius 3 is 2.50 bits per heavy atom. The maximum Gasteiger partial charge on any atom is 0.289 e. The molecule has 0 atom stereocenters. The molecule has 0 N–H and O–H groups in total. The molecule has 5 nitrogen and oxygen atoms in total. The van der Waals surface area contributed by atoms with E-state index in [4.69, 9.17) is 10.00 Å². The molecule has 0 aliphatic rings. The molecular formula is C21H17N3O2. The molecule has 26 heavy (non-hydrogen) atoms. The zero-order chi connectivity index (χ0) is 18.5. The van der Waals surface area contributed by atoms with Crippen LogP contribution in [0.1, 0.15) is 22.4 Å². The Morgan fingerprint density at radius 1 is 1.04 bits per heavy atom. The monoisotopic (exact) mass is 343 g/mol. The number of pyridine rings is 1. The van der Waals surface area contributed by atoms with Crippen LogP contribution in [0.3, 0.4) is 0 Å². The lowest BCUT2D eigenvalue weighted by Gasteiger charge is -2.07. The third-order valence-electron chi connectivity index (χ3n) is 3.83. The van der Waals surface area contributed by atoms with E-state index < -0.39 is 5.56 Å². The molecule has 2 aromatic carbocycles. The minimum atomic E-state index is -0.419. The van der Waals surface area contributed by atoms with Crippen molar-refractivity contribution in [1.29, 1.82) is 5.26 Å². The molecule has 0 spiro atoms. The molecular weight excluding hydrogens is 326 g/mol. The van der Waals surface area contributed by atoms with Crippen molar-refractivity contribution in [1.82, 2.24) is 4.68 Å². The van der Waals surface area contributed by atoms with E-state index in [9.17, 15) is 4.79 Å². The number of hydrogen-bond acceptors (Lipinski definition) is 4. The zero-order valence-corrected chi connectivity index (χ0v) is 14.5. The molecule has 5 heteroatoms. The average Bonchev–Trinajstić information content (AvgIpc) is 2.63. The van der Waals surface area contributed by atoms with Gasteiger partial charge in [0.15, 0.2) is 0 Å². The minimum Gasteiger partial charge on any atom is -0.457 e. The molecule has 0 aliphatic carbocycles. The number of para-hydroxylation sites is 1. The summed E-state index contributed by atoms with van der Waals surface area (Å²) in [6, 6.07) is 20.6. The number of aryl methyl sites for hydroxylation is 2. The molecule has 0 saturated heterocycles. The molecule has 1 heterocycles. The second-order valence-corrected chi connectivity index (χ2v) is 5.80. The molecule has 0 fully saturated rings. The Morgan fingerprint density at radius 2 is 1.77 bits per heavy atom. The van der Waals surface area contributed by atoms with E-state index in [1.807, 2.05) is 60.7 Å². The fraction of sp³-hybridized carbons (Fsp3) is 0.0952. The van der Waals surface area contributed by atoms with Crippen LogP contribution in [0.5, 0.6) is 11.5 Å². The summed E-state index contributed by atoms with van der Waals surface area (Å²) in [4.78, 5) is 12.4. The van der Waals surface area contributed by atoms with Gasteiger partial charge in [-0.2, -0.15) is 10.4 Å². The first-order chi connectivity index (χ1) is 12.6. The highest BCUT2D eigenvalue weighted by Gasteiger charge is 2.09. The first kappa shape index (κ1) is 17.2. The molecule has 0 bridgehead atoms. The summed E-state index contributed by atoms with van der Waals surface area (Å²) in [5.74, 6) is 1.41. The number of hydrogen-bond donors (Lipinski definition) is 0. The standard InChI is InChI=1S/C21H17N3O2/c1-15-11-16(2)24(21(25)20(15)13-22)23-14-17-7-6-10-19(12-17)26-18-8-4-3-5-9-18/h3-12,14H,1-2H3. The summed E-state index contributed by atoms with van der Waals surface area (Å²) in [6.07, 6.45) is 1.57. The predicted molar refractivity (Wildman–Crippen MR) is 101 cm³/mol. The summed E-state index contributed by atoms with van der Waals surface area (Å²) in [5.41, 5.74) is 1.79. The molecule has 3 aromatic rings. The van der Waals surface area contributed by atoms with Gasteiger partial charge in [0.2, 0.25) is 0 Å². The van der Waals surface area contributed by atoms with Crippen LogP contribution < -0.4 is 10.3 Å². The fourth-order valence-corrected chi connectivity index (χ4v) is 2.57. The Hall–Kier alpha value is -3.65. The van der Waals surface area contributed by atoms with Gasteiger partial charge in [0.25, 0.3) is 5.56 Å². The van der Waals surface area contributed by atoms with Crippen molar-refractivity contribution in [3.05, 3.63) is 93.4 Å². The van der Waals surface area contributed by atoms with E-state index in [1.54, 1.807) is 26.1 Å². The molecule has 3 rings (SSSR count). The molecule has 0 saturated carbocycles. The Balaban J connectivity index is 1.89. The van der Waals surface area contributed by atoms with Crippen LogP contribution in [-0.4, -0.2) is 10.9 Å². The summed E-state index contributed by atoms with van der Waals surface area (Å²) in [6.45, 7) is 3.52. The summed E-state index contributed by atoms with van der Waals surface area (Å²) >= 11 is 0. The maximum atomic E-state index is 12.4. The van der Waals surface area contributed by atoms with Gasteiger partial charge in [-0.05, 0) is 55.3 Å². The Bertz CT molecular complexity index is 1060. The van der Waals surface area contributed by atoms with Gasteiger partial charge < -0.3 is 4.74 Å². The van der Waals surface area contributed by atoms with E-state index in [1.165, 1.54) is 4.68 Å². The first-order valence-electron chi connectivity index (χ1n) is 8.09. The van der Waals surface area contributed by atoms with Crippen LogP contribution in [0.2, 0.25) is 0 Å². The van der Waals surface area contributed by atoms with Crippen LogP contribution in [-0.2, 0) is 0 Å². The predicted octanol–water partition coefficient (Wildman–Crippen LogP) is 4.01. The molecule has 0 amide bonds. The summed E-state index contributed by atoms with van der Waals surface area (Å²) in [5, 5.41) is 13.4. The number of ether oxygens (including phenoxy) is 1. The fourth-order valence-electron chi connectivity index (χ4n) is 2.57. The van der Waals surface area contributed by atoms with Gasteiger partial charge in [-0.25, -0.2) is 4.68 Å². The second-order valence-electron chi connectivity index (χ2n) is 5.80. The highest BCUT2D eigenvalue weighted by Crippen LogP contribution is 2.21. The molecule has 0 unspecified atom stereocenters.